The van der Waals surface area contributed by atoms with E-state index in [1.807, 2.05) is 6.07 Å². The molecule has 0 fully saturated rings. The molecule has 0 saturated heterocycles. The van der Waals surface area contributed by atoms with Crippen LogP contribution in [0.3, 0.4) is 0 Å². The number of fused-ring (bicyclic) bond motifs is 5. The number of esters is 2. The molecule has 0 aliphatic carbocycles. The first kappa shape index (κ1) is 17.8. The first-order valence-corrected chi connectivity index (χ1v) is 7.71. The molecule has 0 radical (unpaired) electrons. The van der Waals surface area contributed by atoms with E-state index >= 15 is 0 Å². The molecule has 1 aromatic rings. The van der Waals surface area contributed by atoms with Crippen LogP contribution in [-0.2, 0) is 29.4 Å². The summed E-state index contributed by atoms with van der Waals surface area (Å²) in [6, 6.07) is 5.36. The highest BCUT2D eigenvalue weighted by molar-refractivity contribution is 6.05. The highest BCUT2D eigenvalue weighted by Crippen LogP contribution is 2.61. The second-order valence-corrected chi connectivity index (χ2v) is 5.73. The fraction of sp³-hybridized carbons (Fsp3) is 0.389. The highest BCUT2D eigenvalue weighted by Gasteiger charge is 2.61. The lowest BCUT2D eigenvalue weighted by Gasteiger charge is -2.27. The maximum atomic E-state index is 12.5. The Hall–Kier alpha value is -3.05. The number of hydrogen-bond donors (Lipinski definition) is 0. The smallest absolute Gasteiger partial charge is 0.337 e. The predicted octanol–water partition coefficient (Wildman–Crippen LogP) is 1.54. The minimum atomic E-state index is -1.43. The van der Waals surface area contributed by atoms with Crippen LogP contribution in [0.5, 0.6) is 11.5 Å². The lowest BCUT2D eigenvalue weighted by molar-refractivity contribution is -0.140. The maximum absolute atomic E-state index is 12.5. The summed E-state index contributed by atoms with van der Waals surface area (Å²) >= 11 is 0. The van der Waals surface area contributed by atoms with E-state index in [1.165, 1.54) is 28.4 Å². The first-order valence-electron chi connectivity index (χ1n) is 7.71. The van der Waals surface area contributed by atoms with Gasteiger partial charge < -0.3 is 23.7 Å². The van der Waals surface area contributed by atoms with Gasteiger partial charge in [-0.25, -0.2) is 9.59 Å². The number of rotatable bonds is 5. The minimum absolute atomic E-state index is 0.0156. The molecule has 26 heavy (non-hydrogen) atoms. The van der Waals surface area contributed by atoms with Gasteiger partial charge in [-0.3, -0.25) is 0 Å². The number of carbonyl (C=O) groups excluding carboxylic acids is 2. The molecule has 2 atom stereocenters. The van der Waals surface area contributed by atoms with Crippen LogP contribution in [0, 0.1) is 11.3 Å². The molecule has 0 spiro atoms. The Balaban J connectivity index is 2.33. The number of methoxy groups -OCH3 is 4. The molecule has 1 aromatic carbocycles. The van der Waals surface area contributed by atoms with Gasteiger partial charge in [0.2, 0.25) is 0 Å². The summed E-state index contributed by atoms with van der Waals surface area (Å²) in [6.07, 6.45) is -1.05. The summed E-state index contributed by atoms with van der Waals surface area (Å²) in [5.41, 5.74) is -0.224. The molecule has 0 unspecified atom stereocenters. The van der Waals surface area contributed by atoms with Crippen LogP contribution in [0.25, 0.3) is 0 Å². The molecule has 2 bridgehead atoms. The van der Waals surface area contributed by atoms with Crippen molar-refractivity contribution in [3.63, 3.8) is 0 Å². The Bertz CT molecular complexity index is 867. The fourth-order valence-corrected chi connectivity index (χ4v) is 3.58. The van der Waals surface area contributed by atoms with E-state index in [1.54, 1.807) is 12.1 Å². The molecular formula is C18H17NO7. The lowest BCUT2D eigenvalue weighted by atomic mass is 9.75. The van der Waals surface area contributed by atoms with Gasteiger partial charge in [-0.05, 0) is 23.3 Å². The van der Waals surface area contributed by atoms with Crippen molar-refractivity contribution in [2.45, 2.75) is 18.1 Å². The average Bonchev–Trinajstić information content (AvgIpc) is 3.16. The van der Waals surface area contributed by atoms with Gasteiger partial charge in [0.05, 0.1) is 52.1 Å². The van der Waals surface area contributed by atoms with Crippen molar-refractivity contribution >= 4 is 11.9 Å². The second-order valence-electron chi connectivity index (χ2n) is 5.73. The molecule has 2 heterocycles. The van der Waals surface area contributed by atoms with Gasteiger partial charge in [0.25, 0.3) is 0 Å². The minimum Gasteiger partial charge on any atom is -0.493 e. The van der Waals surface area contributed by atoms with E-state index in [0.29, 0.717) is 22.6 Å². The second kappa shape index (κ2) is 6.35. The highest BCUT2D eigenvalue weighted by atomic mass is 16.6. The van der Waals surface area contributed by atoms with Gasteiger partial charge in [-0.2, -0.15) is 5.26 Å². The molecule has 3 rings (SSSR count). The topological polar surface area (TPSA) is 104 Å². The molecule has 0 amide bonds. The van der Waals surface area contributed by atoms with Gasteiger partial charge >= 0.3 is 11.9 Å². The average molecular weight is 359 g/mol. The summed E-state index contributed by atoms with van der Waals surface area (Å²) in [5, 5.41) is 9.37. The van der Waals surface area contributed by atoms with Crippen LogP contribution in [0.15, 0.2) is 23.3 Å². The molecule has 0 aromatic heterocycles. The maximum Gasteiger partial charge on any atom is 0.337 e. The van der Waals surface area contributed by atoms with E-state index < -0.39 is 23.6 Å². The number of nitriles is 1. The molecule has 2 aliphatic rings. The van der Waals surface area contributed by atoms with E-state index in [0.717, 1.165) is 0 Å². The van der Waals surface area contributed by atoms with Gasteiger partial charge in [-0.15, -0.1) is 0 Å². The summed E-state index contributed by atoms with van der Waals surface area (Å²) < 4.78 is 26.3. The van der Waals surface area contributed by atoms with E-state index in [4.69, 9.17) is 23.7 Å². The zero-order valence-corrected chi connectivity index (χ0v) is 14.7. The summed E-state index contributed by atoms with van der Waals surface area (Å²) in [6.45, 7) is 0. The van der Waals surface area contributed by atoms with Gasteiger partial charge in [0.1, 0.15) is 11.7 Å². The van der Waals surface area contributed by atoms with Crippen molar-refractivity contribution in [2.24, 2.45) is 0 Å². The third-order valence-electron chi connectivity index (χ3n) is 4.65. The quantitative estimate of drug-likeness (QED) is 0.729. The van der Waals surface area contributed by atoms with Crippen LogP contribution in [0.4, 0.5) is 0 Å². The third kappa shape index (κ3) is 2.17. The summed E-state index contributed by atoms with van der Waals surface area (Å²) in [7, 11) is 5.38. The Morgan fingerprint density at radius 3 is 2.27 bits per heavy atom. The molecule has 2 aliphatic heterocycles. The van der Waals surface area contributed by atoms with Crippen LogP contribution < -0.4 is 9.47 Å². The zero-order chi connectivity index (χ0) is 19.1. The fourth-order valence-electron chi connectivity index (χ4n) is 3.58. The first-order chi connectivity index (χ1) is 12.5. The number of carbonyl (C=O) groups is 2. The number of nitrogens with zero attached hydrogens (tertiary/aromatic N) is 1. The Kier molecular flexibility index (Phi) is 4.34. The third-order valence-corrected chi connectivity index (χ3v) is 4.65. The van der Waals surface area contributed by atoms with Crippen LogP contribution >= 0.6 is 0 Å². The Morgan fingerprint density at radius 1 is 1.12 bits per heavy atom. The Morgan fingerprint density at radius 2 is 1.73 bits per heavy atom. The number of benzene rings is 1. The van der Waals surface area contributed by atoms with Crippen molar-refractivity contribution in [3.05, 3.63) is 34.4 Å². The van der Waals surface area contributed by atoms with E-state index in [9.17, 15) is 14.9 Å². The van der Waals surface area contributed by atoms with Crippen LogP contribution in [0.1, 0.15) is 23.7 Å². The van der Waals surface area contributed by atoms with Crippen molar-refractivity contribution in [2.75, 3.05) is 28.4 Å². The van der Waals surface area contributed by atoms with Gasteiger partial charge in [0, 0.05) is 0 Å². The van der Waals surface area contributed by atoms with E-state index in [-0.39, 0.29) is 17.6 Å². The van der Waals surface area contributed by atoms with Crippen LogP contribution in [0.2, 0.25) is 0 Å². The van der Waals surface area contributed by atoms with Crippen molar-refractivity contribution < 1.29 is 33.3 Å². The summed E-state index contributed by atoms with van der Waals surface area (Å²) in [4.78, 5) is 24.8. The largest absolute Gasteiger partial charge is 0.493 e. The number of hydrogen-bond acceptors (Lipinski definition) is 8. The van der Waals surface area contributed by atoms with Crippen LogP contribution in [-0.4, -0.2) is 40.4 Å². The normalized spacial score (nSPS) is 22.5. The monoisotopic (exact) mass is 359 g/mol. The van der Waals surface area contributed by atoms with Crippen molar-refractivity contribution in [1.82, 2.24) is 0 Å². The van der Waals surface area contributed by atoms with E-state index in [2.05, 4.69) is 0 Å². The standard InChI is InChI=1S/C18H17NO7/c1-22-11-7-9-10(8-12(11)23-2)18(5-6-19)14(17(21)25-4)13(15(9)26-18)16(20)24-3/h7-8,15H,5H2,1-4H3/t15-,18+/m1/s1. The Labute approximate surface area is 149 Å². The van der Waals surface area contributed by atoms with Gasteiger partial charge in [0.15, 0.2) is 11.5 Å². The lowest BCUT2D eigenvalue weighted by Crippen LogP contribution is -2.32. The van der Waals surface area contributed by atoms with Crippen molar-refractivity contribution in [1.29, 1.82) is 5.26 Å². The molecule has 8 nitrogen and oxygen atoms in total. The van der Waals surface area contributed by atoms with Crippen molar-refractivity contribution in [3.8, 4) is 17.6 Å². The number of ether oxygens (including phenoxy) is 5. The zero-order valence-electron chi connectivity index (χ0n) is 14.7. The summed E-state index contributed by atoms with van der Waals surface area (Å²) in [5.74, 6) is -0.596. The molecule has 8 heteroatoms. The predicted molar refractivity (Wildman–Crippen MR) is 86.3 cm³/mol. The molecular weight excluding hydrogens is 342 g/mol. The molecule has 0 saturated carbocycles. The molecule has 0 N–H and O–H groups in total. The SMILES string of the molecule is COC(=O)C1=C(C(=O)OC)[C@@]2(CC#N)O[C@@H]1c1cc(OC)c(OC)cc12. The van der Waals surface area contributed by atoms with Gasteiger partial charge in [-0.1, -0.05) is 0 Å². The molecule has 136 valence electrons.